The number of carbonyl (C=O) groups is 2. The average molecular weight is 472 g/mol. The molecule has 0 fully saturated rings. The number of esters is 1. The number of hydrogen-bond acceptors (Lipinski definition) is 5. The van der Waals surface area contributed by atoms with Crippen molar-refractivity contribution in [2.24, 2.45) is 5.92 Å². The molecule has 5 nitrogen and oxygen atoms in total. The summed E-state index contributed by atoms with van der Waals surface area (Å²) < 4.78 is 42.9. The summed E-state index contributed by atoms with van der Waals surface area (Å²) in [5.41, 5.74) is -0.277. The van der Waals surface area contributed by atoms with Gasteiger partial charge in [0.25, 0.3) is 0 Å². The lowest BCUT2D eigenvalue weighted by Crippen LogP contribution is -2.33. The van der Waals surface area contributed by atoms with Gasteiger partial charge in [0.05, 0.1) is 7.11 Å². The molecule has 1 N–H and O–H groups in total. The van der Waals surface area contributed by atoms with Crippen molar-refractivity contribution in [1.29, 1.82) is 0 Å². The number of ether oxygens (including phenoxy) is 2. The Morgan fingerprint density at radius 3 is 2.39 bits per heavy atom. The van der Waals surface area contributed by atoms with E-state index in [0.29, 0.717) is 6.42 Å². The second-order valence-corrected chi connectivity index (χ2v) is 8.64. The molecule has 9 heteroatoms. The van der Waals surface area contributed by atoms with E-state index in [9.17, 15) is 9.59 Å². The summed E-state index contributed by atoms with van der Waals surface area (Å²) in [6.45, 7) is 3.82. The van der Waals surface area contributed by atoms with Gasteiger partial charge in [-0.05, 0) is 42.0 Å². The number of methoxy groups -OCH3 is 1. The molecule has 0 spiro atoms. The van der Waals surface area contributed by atoms with Crippen molar-refractivity contribution in [3.63, 3.8) is 0 Å². The number of benzene rings is 2. The average Bonchev–Trinajstić information content (AvgIpc) is 2.74. The van der Waals surface area contributed by atoms with E-state index in [1.54, 1.807) is 18.2 Å². The molecule has 0 radical (unpaired) electrons. The van der Waals surface area contributed by atoms with E-state index < -0.39 is 29.3 Å². The van der Waals surface area contributed by atoms with E-state index in [1.807, 2.05) is 13.8 Å². The third-order valence-corrected chi connectivity index (χ3v) is 5.49. The van der Waals surface area contributed by atoms with Gasteiger partial charge in [-0.25, -0.2) is 4.79 Å². The Morgan fingerprint density at radius 2 is 1.81 bits per heavy atom. The van der Waals surface area contributed by atoms with E-state index in [4.69, 9.17) is 21.1 Å². The molecular weight excluding hydrogens is 448 g/mol. The van der Waals surface area contributed by atoms with Crippen molar-refractivity contribution >= 4 is 35.6 Å². The number of carbonyl (C=O) groups excluding carboxylic acids is 2. The van der Waals surface area contributed by atoms with Crippen molar-refractivity contribution in [1.82, 2.24) is 4.72 Å². The number of halogens is 3. The molecule has 31 heavy (non-hydrogen) atoms. The van der Waals surface area contributed by atoms with E-state index in [-0.39, 0.29) is 22.1 Å². The van der Waals surface area contributed by atoms with Gasteiger partial charge in [0, 0.05) is 10.6 Å². The Hall–Kier alpha value is -2.32. The molecule has 0 saturated heterocycles. The Balaban J connectivity index is 2.22. The van der Waals surface area contributed by atoms with Gasteiger partial charge in [-0.3, -0.25) is 9.52 Å². The summed E-state index contributed by atoms with van der Waals surface area (Å²) in [6.07, 6.45) is -2.58. The zero-order valence-corrected chi connectivity index (χ0v) is 18.9. The zero-order chi connectivity index (χ0) is 23.0. The molecule has 0 heterocycles. The van der Waals surface area contributed by atoms with Crippen LogP contribution in [0.15, 0.2) is 54.6 Å². The minimum Gasteiger partial charge on any atom is -0.468 e. The van der Waals surface area contributed by atoms with Gasteiger partial charge in [0.1, 0.15) is 5.25 Å². The van der Waals surface area contributed by atoms with Crippen LogP contribution < -0.4 is 4.72 Å². The predicted octanol–water partition coefficient (Wildman–Crippen LogP) is 6.14. The van der Waals surface area contributed by atoms with Gasteiger partial charge in [-0.2, -0.15) is 8.78 Å². The van der Waals surface area contributed by atoms with Crippen LogP contribution in [0.5, 0.6) is 0 Å². The molecular formula is C22H24ClF2NO4S. The highest BCUT2D eigenvalue weighted by Gasteiger charge is 2.45. The number of rotatable bonds is 9. The quantitative estimate of drug-likeness (QED) is 0.352. The van der Waals surface area contributed by atoms with Crippen LogP contribution in [0.3, 0.4) is 0 Å². The molecule has 0 aliphatic heterocycles. The van der Waals surface area contributed by atoms with Gasteiger partial charge in [0.2, 0.25) is 0 Å². The van der Waals surface area contributed by atoms with Crippen molar-refractivity contribution in [3.05, 3.63) is 70.7 Å². The van der Waals surface area contributed by atoms with Crippen LogP contribution in [0.25, 0.3) is 0 Å². The van der Waals surface area contributed by atoms with Crippen LogP contribution in [-0.2, 0) is 20.2 Å². The van der Waals surface area contributed by atoms with Crippen LogP contribution in [0.1, 0.15) is 37.5 Å². The largest absolute Gasteiger partial charge is 0.468 e. The van der Waals surface area contributed by atoms with Gasteiger partial charge >= 0.3 is 18.0 Å². The Kier molecular flexibility index (Phi) is 9.13. The molecule has 0 aromatic heterocycles. The normalized spacial score (nSPS) is 13.4. The molecule has 2 aromatic rings. The molecule has 0 bridgehead atoms. The predicted molar refractivity (Wildman–Crippen MR) is 117 cm³/mol. The fourth-order valence-corrected chi connectivity index (χ4v) is 3.98. The Labute approximate surface area is 189 Å². The number of amides is 1. The minimum atomic E-state index is -3.56. The molecule has 0 aliphatic rings. The first-order chi connectivity index (χ1) is 14.6. The first-order valence-electron chi connectivity index (χ1n) is 9.54. The molecule has 1 amide bonds. The van der Waals surface area contributed by atoms with Crippen molar-refractivity contribution in [2.75, 3.05) is 7.11 Å². The maximum atomic E-state index is 15.4. The maximum absolute atomic E-state index is 15.4. The second kappa shape index (κ2) is 11.3. The minimum absolute atomic E-state index is 0.110. The number of hydrogen-bond donors (Lipinski definition) is 1. The fraction of sp³-hybridized carbons (Fsp3) is 0.364. The molecule has 2 rings (SSSR count). The van der Waals surface area contributed by atoms with Gasteiger partial charge < -0.3 is 9.47 Å². The molecule has 0 saturated carbocycles. The second-order valence-electron chi connectivity index (χ2n) is 7.19. The fourth-order valence-electron chi connectivity index (χ4n) is 2.83. The van der Waals surface area contributed by atoms with Gasteiger partial charge in [0.15, 0.2) is 6.10 Å². The summed E-state index contributed by atoms with van der Waals surface area (Å²) in [6, 6.07) is 12.9. The number of alkyl halides is 2. The van der Waals surface area contributed by atoms with Crippen molar-refractivity contribution < 1.29 is 27.8 Å². The number of nitrogens with one attached hydrogen (secondary N) is 1. The first-order valence-corrected chi connectivity index (χ1v) is 10.8. The summed E-state index contributed by atoms with van der Waals surface area (Å²) in [5.74, 6) is -3.94. The van der Waals surface area contributed by atoms with Crippen LogP contribution in [0, 0.1) is 5.92 Å². The third-order valence-electron chi connectivity index (χ3n) is 4.30. The Bertz CT molecular complexity index is 883. The molecule has 168 valence electrons. The van der Waals surface area contributed by atoms with Crippen LogP contribution in [0.4, 0.5) is 13.6 Å². The van der Waals surface area contributed by atoms with Crippen LogP contribution >= 0.6 is 23.5 Å². The monoisotopic (exact) mass is 471 g/mol. The highest BCUT2D eigenvalue weighted by Crippen LogP contribution is 2.43. The van der Waals surface area contributed by atoms with Crippen molar-refractivity contribution in [2.45, 2.75) is 37.5 Å². The summed E-state index contributed by atoms with van der Waals surface area (Å²) in [5, 5.41) is -0.556. The van der Waals surface area contributed by atoms with Crippen LogP contribution in [0.2, 0.25) is 5.02 Å². The molecule has 2 atom stereocenters. The highest BCUT2D eigenvalue weighted by atomic mass is 35.5. The smallest absolute Gasteiger partial charge is 0.418 e. The standard InChI is InChI=1S/C22H24ClF2NO4S/c1-14(2)12-18(20(27)29-3)31-26-21(28)30-19(15-8-5-4-6-9-15)22(24,25)16-10-7-11-17(23)13-16/h4-11,13-14,18-19H,12H2,1-3H3,(H,26,28)/t18-,19?/m0/s1. The van der Waals surface area contributed by atoms with Gasteiger partial charge in [-0.15, -0.1) is 0 Å². The summed E-state index contributed by atoms with van der Waals surface area (Å²) >= 11 is 6.65. The first kappa shape index (κ1) is 24.9. The van der Waals surface area contributed by atoms with Crippen LogP contribution in [-0.4, -0.2) is 24.4 Å². The third kappa shape index (κ3) is 7.11. The Morgan fingerprint density at radius 1 is 1.13 bits per heavy atom. The lowest BCUT2D eigenvalue weighted by atomic mass is 9.97. The molecule has 0 aliphatic carbocycles. The lowest BCUT2D eigenvalue weighted by Gasteiger charge is -2.28. The topological polar surface area (TPSA) is 64.6 Å². The summed E-state index contributed by atoms with van der Waals surface area (Å²) in [4.78, 5) is 24.3. The van der Waals surface area contributed by atoms with E-state index >= 15 is 8.78 Å². The van der Waals surface area contributed by atoms with E-state index in [2.05, 4.69) is 4.72 Å². The lowest BCUT2D eigenvalue weighted by molar-refractivity contribution is -0.140. The van der Waals surface area contributed by atoms with Gasteiger partial charge in [-0.1, -0.05) is 67.9 Å². The highest BCUT2D eigenvalue weighted by molar-refractivity contribution is 7.99. The molecule has 2 aromatic carbocycles. The maximum Gasteiger partial charge on any atom is 0.418 e. The zero-order valence-electron chi connectivity index (χ0n) is 17.3. The SMILES string of the molecule is COC(=O)[C@H](CC(C)C)SNC(=O)OC(c1ccccc1)C(F)(F)c1cccc(Cl)c1. The van der Waals surface area contributed by atoms with Crippen molar-refractivity contribution in [3.8, 4) is 0 Å². The molecule has 1 unspecified atom stereocenters. The van der Waals surface area contributed by atoms with E-state index in [0.717, 1.165) is 18.0 Å². The van der Waals surface area contributed by atoms with E-state index in [1.165, 1.54) is 37.4 Å². The summed E-state index contributed by atoms with van der Waals surface area (Å²) in [7, 11) is 1.24.